The first-order valence-corrected chi connectivity index (χ1v) is 5.28. The fraction of sp³-hybridized carbons (Fsp3) is 0.400. The maximum absolute atomic E-state index is 8.94. The van der Waals surface area contributed by atoms with Crippen LogP contribution in [0, 0.1) is 0 Å². The van der Waals surface area contributed by atoms with Gasteiger partial charge in [0.15, 0.2) is 0 Å². The van der Waals surface area contributed by atoms with Gasteiger partial charge >= 0.3 is 0 Å². The molecule has 1 unspecified atom stereocenters. The van der Waals surface area contributed by atoms with Gasteiger partial charge in [-0.25, -0.2) is 0 Å². The lowest BCUT2D eigenvalue weighted by molar-refractivity contribution is 0.0638. The highest BCUT2D eigenvalue weighted by Crippen LogP contribution is 2.25. The highest BCUT2D eigenvalue weighted by molar-refractivity contribution is 5.25. The smallest absolute Gasteiger partial charge is 0.124 e. The third kappa shape index (κ3) is 3.66. The lowest BCUT2D eigenvalue weighted by Crippen LogP contribution is -2.20. The second-order valence-electron chi connectivity index (χ2n) is 3.56. The van der Waals surface area contributed by atoms with Crippen LogP contribution >= 0.6 is 0 Å². The van der Waals surface area contributed by atoms with E-state index in [0.29, 0.717) is 9.58 Å². The third-order valence-corrected chi connectivity index (χ3v) is 2.08. The van der Waals surface area contributed by atoms with Crippen molar-refractivity contribution in [3.63, 3.8) is 0 Å². The van der Waals surface area contributed by atoms with Crippen LogP contribution in [0.4, 0.5) is 0 Å². The van der Waals surface area contributed by atoms with Crippen molar-refractivity contribution in [1.29, 1.82) is 0 Å². The zero-order valence-electron chi connectivity index (χ0n) is 24.1. The average molecular weight is 273 g/mol. The summed E-state index contributed by atoms with van der Waals surface area (Å²) in [5, 5.41) is 3.61. The molecule has 1 atom stereocenters. The molecule has 0 N–H and O–H groups in total. The summed E-state index contributed by atoms with van der Waals surface area (Å²) in [6, 6.07) is -3.37. The molecule has 0 aliphatic rings. The van der Waals surface area contributed by atoms with Gasteiger partial charge in [-0.2, -0.15) is 5.10 Å². The van der Waals surface area contributed by atoms with Crippen molar-refractivity contribution in [2.75, 3.05) is 27.1 Å². The number of hydrogen-bond donors (Lipinski definition) is 0. The molecular formula is C15H21N3O. The molecule has 0 aliphatic heterocycles. The van der Waals surface area contributed by atoms with E-state index in [0.717, 1.165) is 19.3 Å². The van der Waals surface area contributed by atoms with Gasteiger partial charge in [0.2, 0.25) is 0 Å². The predicted molar refractivity (Wildman–Crippen MR) is 76.0 cm³/mol. The van der Waals surface area contributed by atoms with E-state index in [1.807, 2.05) is 0 Å². The second kappa shape index (κ2) is 6.50. The molecule has 0 saturated heterocycles. The third-order valence-electron chi connectivity index (χ3n) is 2.08. The number of aryl methyl sites for hydroxylation is 1. The van der Waals surface area contributed by atoms with Gasteiger partial charge in [0.25, 0.3) is 0 Å². The van der Waals surface area contributed by atoms with Crippen LogP contribution in [0.5, 0.6) is 0 Å². The monoisotopic (exact) mass is 273 g/mol. The van der Waals surface area contributed by atoms with Crippen LogP contribution in [0.15, 0.2) is 42.5 Å². The Morgan fingerprint density at radius 1 is 1.58 bits per heavy atom. The Labute approximate surface area is 134 Å². The van der Waals surface area contributed by atoms with E-state index in [9.17, 15) is 0 Å². The summed E-state index contributed by atoms with van der Waals surface area (Å²) < 4.78 is 116. The number of aromatic nitrogens is 2. The van der Waals surface area contributed by atoms with Crippen LogP contribution in [-0.4, -0.2) is 41.8 Å². The van der Waals surface area contributed by atoms with Crippen molar-refractivity contribution in [3.05, 3.63) is 53.7 Å². The molecule has 1 aromatic heterocycles. The van der Waals surface area contributed by atoms with E-state index in [1.54, 1.807) is 0 Å². The summed E-state index contributed by atoms with van der Waals surface area (Å²) in [7, 11) is 1.07. The molecule has 2 rings (SSSR count). The summed E-state index contributed by atoms with van der Waals surface area (Å²) in [5.74, 6) is 0. The Bertz CT molecular complexity index is 1000. The minimum Gasteiger partial charge on any atom is -0.366 e. The fourth-order valence-corrected chi connectivity index (χ4v) is 1.27. The van der Waals surface area contributed by atoms with E-state index in [1.165, 1.54) is 0 Å². The number of nitrogens with zero attached hydrogens (tertiary/aromatic N) is 3. The average Bonchev–Trinajstić information content (AvgIpc) is 3.14. The molecule has 0 spiro atoms. The van der Waals surface area contributed by atoms with Crippen LogP contribution < -0.4 is 0 Å². The molecule has 0 aliphatic carbocycles. The first-order chi connectivity index (χ1) is 14.7. The van der Waals surface area contributed by atoms with Gasteiger partial charge in [-0.05, 0) is 25.7 Å². The van der Waals surface area contributed by atoms with Gasteiger partial charge in [-0.15, -0.1) is 0 Å². The topological polar surface area (TPSA) is 30.3 Å². The fourth-order valence-electron chi connectivity index (χ4n) is 1.27. The summed E-state index contributed by atoms with van der Waals surface area (Å²) in [5.41, 5.74) is -1.51. The van der Waals surface area contributed by atoms with Crippen molar-refractivity contribution in [2.24, 2.45) is 6.98 Å². The van der Waals surface area contributed by atoms with Gasteiger partial charge in [-0.3, -0.25) is 4.68 Å². The SMILES string of the molecule is [2H]c1c([2H])c([2H])c(C([2H])(OC([2H])([2H])CN(C)C([2H])([2H])[2H])c2ccnn2C([2H])([2H])[2H])c([2H])c1[2H]. The molecule has 4 nitrogen and oxygen atoms in total. The highest BCUT2D eigenvalue weighted by Gasteiger charge is 2.17. The van der Waals surface area contributed by atoms with Crippen molar-refractivity contribution < 1.29 is 23.9 Å². The van der Waals surface area contributed by atoms with E-state index in [4.69, 9.17) is 23.9 Å². The molecule has 1 aromatic carbocycles. The van der Waals surface area contributed by atoms with Crippen molar-refractivity contribution in [3.8, 4) is 0 Å². The molecule has 0 radical (unpaired) electrons. The summed E-state index contributed by atoms with van der Waals surface area (Å²) in [6.07, 6.45) is -2.06. The largest absolute Gasteiger partial charge is 0.366 e. The zero-order chi connectivity index (χ0) is 25.7. The Morgan fingerprint density at radius 2 is 2.42 bits per heavy atom. The number of likely N-dealkylation sites (N-methyl/N-ethyl adjacent to an activating group) is 1. The van der Waals surface area contributed by atoms with Gasteiger partial charge in [-0.1, -0.05) is 30.2 Å². The number of ether oxygens (including phenoxy) is 1. The zero-order valence-corrected chi connectivity index (χ0v) is 10.1. The normalized spacial score (nSPS) is 27.3. The Morgan fingerprint density at radius 3 is 3.16 bits per heavy atom. The minimum atomic E-state index is -3.03. The first kappa shape index (κ1) is 4.43. The lowest BCUT2D eigenvalue weighted by atomic mass is 10.1. The maximum atomic E-state index is 8.94. The van der Waals surface area contributed by atoms with E-state index >= 15 is 0 Å². The number of rotatable bonds is 6. The molecule has 2 aromatic rings. The van der Waals surface area contributed by atoms with E-state index < -0.39 is 74.6 Å². The Balaban J connectivity index is 2.83. The van der Waals surface area contributed by atoms with Crippen molar-refractivity contribution >= 4 is 0 Å². The molecule has 19 heavy (non-hydrogen) atoms. The van der Waals surface area contributed by atoms with Crippen LogP contribution in [0.3, 0.4) is 0 Å². The summed E-state index contributed by atoms with van der Waals surface area (Å²) in [6.45, 7) is -9.62. The molecule has 0 fully saturated rings. The van der Waals surface area contributed by atoms with Crippen LogP contribution in [-0.2, 0) is 11.7 Å². The quantitative estimate of drug-likeness (QED) is 0.807. The van der Waals surface area contributed by atoms with Gasteiger partial charge < -0.3 is 9.64 Å². The van der Waals surface area contributed by atoms with Crippen LogP contribution in [0.2, 0.25) is 0 Å². The predicted octanol–water partition coefficient (Wildman–Crippen LogP) is 2.09. The number of benzene rings is 1. The van der Waals surface area contributed by atoms with E-state index in [2.05, 4.69) is 5.10 Å². The lowest BCUT2D eigenvalue weighted by Gasteiger charge is -2.20. The molecular weight excluding hydrogens is 238 g/mol. The first-order valence-electron chi connectivity index (χ1n) is 12.3. The Hall–Kier alpha value is -1.65. The van der Waals surface area contributed by atoms with Crippen molar-refractivity contribution in [2.45, 2.75) is 6.08 Å². The second-order valence-corrected chi connectivity index (χ2v) is 3.56. The summed E-state index contributed by atoms with van der Waals surface area (Å²) in [4.78, 5) is 0.608. The number of hydrogen-bond acceptors (Lipinski definition) is 3. The summed E-state index contributed by atoms with van der Waals surface area (Å²) >= 11 is 0. The molecule has 0 saturated carbocycles. The molecule has 1 heterocycles. The minimum absolute atomic E-state index is 0.338. The maximum Gasteiger partial charge on any atom is 0.124 e. The van der Waals surface area contributed by atoms with Crippen LogP contribution in [0.25, 0.3) is 0 Å². The molecule has 0 amide bonds. The molecule has 102 valence electrons. The van der Waals surface area contributed by atoms with Gasteiger partial charge in [0, 0.05) is 27.9 Å². The van der Waals surface area contributed by atoms with Crippen LogP contribution in [0.1, 0.15) is 36.5 Å². The molecule has 0 bridgehead atoms. The van der Waals surface area contributed by atoms with Gasteiger partial charge in [0.1, 0.15) is 6.08 Å². The molecule has 4 heteroatoms. The standard InChI is InChI=1S/C15H21N3O/c1-17(2)11-12-19-15(13-7-5-4-6-8-13)14-9-10-16-18(14)3/h4-10,15H,11-12H2,1-3H3/i1D3,3D3,4D,5D,6D,7D,8D,12D2,15D. The van der Waals surface area contributed by atoms with E-state index in [-0.39, 0.29) is 0 Å². The Kier molecular flexibility index (Phi) is 1.52. The van der Waals surface area contributed by atoms with Gasteiger partial charge in [0.05, 0.1) is 23.2 Å². The highest BCUT2D eigenvalue weighted by atomic mass is 16.5. The van der Waals surface area contributed by atoms with Crippen molar-refractivity contribution in [1.82, 2.24) is 14.7 Å².